The number of aliphatic hydroxyl groups excluding tert-OH is 1. The van der Waals surface area contributed by atoms with Crippen LogP contribution in [0.1, 0.15) is 55.1 Å². The van der Waals surface area contributed by atoms with Crippen molar-refractivity contribution in [1.29, 1.82) is 0 Å². The highest BCUT2D eigenvalue weighted by molar-refractivity contribution is 7.17. The number of nitrogens with zero attached hydrogens (tertiary/aromatic N) is 2. The molecule has 1 saturated carbocycles. The van der Waals surface area contributed by atoms with Gasteiger partial charge in [0.05, 0.1) is 23.9 Å². The fourth-order valence-electron chi connectivity index (χ4n) is 4.35. The molecule has 0 radical (unpaired) electrons. The summed E-state index contributed by atoms with van der Waals surface area (Å²) >= 11 is 1.58. The number of carbonyl (C=O) groups is 3. The molecular formula is C26H33N3O5S. The Morgan fingerprint density at radius 1 is 1.20 bits per heavy atom. The van der Waals surface area contributed by atoms with Crippen LogP contribution in [0.15, 0.2) is 41.8 Å². The van der Waals surface area contributed by atoms with E-state index in [1.165, 1.54) is 13.5 Å². The number of ether oxygens (including phenoxy) is 1. The predicted molar refractivity (Wildman–Crippen MR) is 138 cm³/mol. The van der Waals surface area contributed by atoms with Gasteiger partial charge in [0.1, 0.15) is 12.2 Å². The third kappa shape index (κ3) is 6.70. The first-order chi connectivity index (χ1) is 17.0. The Morgan fingerprint density at radius 2 is 1.89 bits per heavy atom. The van der Waals surface area contributed by atoms with Crippen LogP contribution in [0.25, 0.3) is 10.2 Å². The second-order valence-corrected chi connectivity index (χ2v) is 9.34. The largest absolute Gasteiger partial charge is 0.471 e. The van der Waals surface area contributed by atoms with E-state index in [0.29, 0.717) is 18.7 Å². The van der Waals surface area contributed by atoms with Gasteiger partial charge in [-0.3, -0.25) is 14.4 Å². The quantitative estimate of drug-likeness (QED) is 0.455. The molecule has 4 rings (SSSR count). The molecule has 0 spiro atoms. The topological polar surface area (TPSA) is 101 Å². The minimum absolute atomic E-state index is 0.0284. The number of thiophene rings is 1. The average Bonchev–Trinajstić information content (AvgIpc) is 3.48. The number of likely N-dealkylation sites (N-methyl/N-ethyl adjacent to an activating group) is 1. The monoisotopic (exact) mass is 499 g/mol. The Hall–Kier alpha value is -3.17. The molecule has 2 amide bonds. The van der Waals surface area contributed by atoms with Gasteiger partial charge in [0.15, 0.2) is 0 Å². The van der Waals surface area contributed by atoms with Crippen LogP contribution in [0.2, 0.25) is 0 Å². The van der Waals surface area contributed by atoms with Gasteiger partial charge in [-0.1, -0.05) is 31.4 Å². The molecule has 9 heteroatoms. The number of anilines is 1. The Kier molecular flexibility index (Phi) is 9.86. The van der Waals surface area contributed by atoms with Crippen molar-refractivity contribution in [2.24, 2.45) is 0 Å². The number of carbonyl (C=O) groups excluding carboxylic acids is 3. The van der Waals surface area contributed by atoms with Gasteiger partial charge in [-0.15, -0.1) is 11.3 Å². The zero-order valence-electron chi connectivity index (χ0n) is 20.2. The van der Waals surface area contributed by atoms with Crippen molar-refractivity contribution >= 4 is 45.5 Å². The van der Waals surface area contributed by atoms with Gasteiger partial charge in [-0.2, -0.15) is 0 Å². The van der Waals surface area contributed by atoms with Crippen LogP contribution < -0.4 is 10.2 Å². The van der Waals surface area contributed by atoms with Gasteiger partial charge in [0.25, 0.3) is 12.4 Å². The van der Waals surface area contributed by atoms with Crippen molar-refractivity contribution < 1.29 is 24.2 Å². The lowest BCUT2D eigenvalue weighted by molar-refractivity contribution is -0.126. The molecule has 1 aliphatic rings. The van der Waals surface area contributed by atoms with Crippen LogP contribution in [0.3, 0.4) is 0 Å². The molecule has 2 heterocycles. The number of hydrogen-bond donors (Lipinski definition) is 2. The molecule has 1 aromatic carbocycles. The number of nitrogens with one attached hydrogen (secondary N) is 1. The summed E-state index contributed by atoms with van der Waals surface area (Å²) < 4.78 is 6.72. The van der Waals surface area contributed by atoms with E-state index in [2.05, 4.69) is 10.1 Å². The Bertz CT molecular complexity index is 1120. The zero-order valence-corrected chi connectivity index (χ0v) is 21.1. The number of aliphatic hydroxyl groups is 1. The molecule has 2 N–H and O–H groups in total. The number of amides is 2. The summed E-state index contributed by atoms with van der Waals surface area (Å²) in [4.78, 5) is 37.0. The fraction of sp³-hybridized carbons (Fsp3) is 0.423. The van der Waals surface area contributed by atoms with Crippen molar-refractivity contribution in [2.45, 2.75) is 58.2 Å². The summed E-state index contributed by atoms with van der Waals surface area (Å²) in [6.07, 6.45) is 5.58. The summed E-state index contributed by atoms with van der Waals surface area (Å²) in [5, 5.41) is 14.4. The minimum Gasteiger partial charge on any atom is -0.471 e. The normalized spacial score (nSPS) is 13.6. The molecule has 2 aromatic heterocycles. The van der Waals surface area contributed by atoms with E-state index < -0.39 is 0 Å². The number of methoxy groups -OCH3 is 1. The third-order valence-corrected chi connectivity index (χ3v) is 6.99. The maximum Gasteiger partial charge on any atom is 0.292 e. The second kappa shape index (κ2) is 13.1. The highest BCUT2D eigenvalue weighted by atomic mass is 32.1. The van der Waals surface area contributed by atoms with E-state index in [1.807, 2.05) is 53.3 Å². The molecule has 1 fully saturated rings. The van der Waals surface area contributed by atoms with E-state index in [9.17, 15) is 14.7 Å². The van der Waals surface area contributed by atoms with Gasteiger partial charge in [-0.25, -0.2) is 0 Å². The Labute approximate surface area is 209 Å². The van der Waals surface area contributed by atoms with Gasteiger partial charge >= 0.3 is 0 Å². The summed E-state index contributed by atoms with van der Waals surface area (Å²) in [6.45, 7) is 2.90. The number of aromatic nitrogens is 1. The van der Waals surface area contributed by atoms with Crippen molar-refractivity contribution in [3.63, 3.8) is 0 Å². The third-order valence-electron chi connectivity index (χ3n) is 6.13. The molecule has 0 unspecified atom stereocenters. The van der Waals surface area contributed by atoms with Crippen LogP contribution in [0, 0.1) is 0 Å². The van der Waals surface area contributed by atoms with Crippen LogP contribution in [-0.2, 0) is 27.5 Å². The fourth-order valence-corrected chi connectivity index (χ4v) is 5.17. The first-order valence-corrected chi connectivity index (χ1v) is 12.7. The van der Waals surface area contributed by atoms with Crippen LogP contribution in [0.5, 0.6) is 0 Å². The van der Waals surface area contributed by atoms with Gasteiger partial charge in [0, 0.05) is 18.3 Å². The van der Waals surface area contributed by atoms with Crippen molar-refractivity contribution in [3.05, 3.63) is 53.0 Å². The van der Waals surface area contributed by atoms with E-state index in [1.54, 1.807) is 16.2 Å². The molecule has 0 bridgehead atoms. The number of benzene rings is 1. The van der Waals surface area contributed by atoms with E-state index in [0.717, 1.165) is 47.2 Å². The molecular weight excluding hydrogens is 466 g/mol. The van der Waals surface area contributed by atoms with Gasteiger partial charge in [-0.05, 0) is 55.0 Å². The summed E-state index contributed by atoms with van der Waals surface area (Å²) in [6, 6.07) is 11.4. The first-order valence-electron chi connectivity index (χ1n) is 11.9. The van der Waals surface area contributed by atoms with Crippen LogP contribution in [-0.4, -0.2) is 47.7 Å². The lowest BCUT2D eigenvalue weighted by Gasteiger charge is -2.24. The van der Waals surface area contributed by atoms with E-state index >= 15 is 0 Å². The van der Waals surface area contributed by atoms with Crippen molar-refractivity contribution in [3.8, 4) is 0 Å². The second-order valence-electron chi connectivity index (χ2n) is 8.39. The maximum absolute atomic E-state index is 13.3. The number of hydrogen-bond acceptors (Lipinski definition) is 6. The van der Waals surface area contributed by atoms with Crippen LogP contribution in [0.4, 0.5) is 5.69 Å². The molecule has 1 aliphatic carbocycles. The molecule has 188 valence electrons. The molecule has 0 aliphatic heterocycles. The zero-order chi connectivity index (χ0) is 25.2. The summed E-state index contributed by atoms with van der Waals surface area (Å²) in [5.74, 6) is -0.173. The Morgan fingerprint density at radius 3 is 2.49 bits per heavy atom. The first kappa shape index (κ1) is 26.4. The van der Waals surface area contributed by atoms with E-state index in [-0.39, 0.29) is 31.0 Å². The highest BCUT2D eigenvalue weighted by Crippen LogP contribution is 2.27. The smallest absolute Gasteiger partial charge is 0.292 e. The SMILES string of the molecule is CCN(C(=O)Cn1c(C(=O)NC2CCCCC2)cc2sccc21)c1ccc(CO)cc1.COC=O. The minimum atomic E-state index is -0.0987. The molecule has 0 saturated heterocycles. The highest BCUT2D eigenvalue weighted by Gasteiger charge is 2.23. The Balaban J connectivity index is 0.000000795. The van der Waals surface area contributed by atoms with Crippen molar-refractivity contribution in [2.75, 3.05) is 18.6 Å². The van der Waals surface area contributed by atoms with Crippen LogP contribution >= 0.6 is 11.3 Å². The molecule has 3 aromatic rings. The summed E-state index contributed by atoms with van der Waals surface area (Å²) in [7, 11) is 1.31. The molecule has 35 heavy (non-hydrogen) atoms. The summed E-state index contributed by atoms with van der Waals surface area (Å²) in [5.41, 5.74) is 3.05. The number of rotatable bonds is 8. The predicted octanol–water partition coefficient (Wildman–Crippen LogP) is 4.10. The standard InChI is InChI=1S/C24H29N3O3S.C2H4O2/c1-2-26(19-10-8-17(16-28)9-11-19)23(29)15-27-20-12-13-31-22(20)14-21(27)24(30)25-18-6-4-3-5-7-18;1-4-2-3/h8-14,18,28H,2-7,15-16H2,1H3,(H,25,30);2H,1H3. The average molecular weight is 500 g/mol. The lowest BCUT2D eigenvalue weighted by Crippen LogP contribution is -2.38. The molecule has 8 nitrogen and oxygen atoms in total. The van der Waals surface area contributed by atoms with Crippen molar-refractivity contribution in [1.82, 2.24) is 9.88 Å². The van der Waals surface area contributed by atoms with Gasteiger partial charge in [0.2, 0.25) is 5.91 Å². The molecule has 0 atom stereocenters. The lowest BCUT2D eigenvalue weighted by atomic mass is 9.95. The maximum atomic E-state index is 13.3. The van der Waals surface area contributed by atoms with Gasteiger partial charge < -0.3 is 24.6 Å². The van der Waals surface area contributed by atoms with E-state index in [4.69, 9.17) is 4.79 Å². The number of fused-ring (bicyclic) bond motifs is 1.